The van der Waals surface area contributed by atoms with Crippen LogP contribution in [-0.2, 0) is 0 Å². The van der Waals surface area contributed by atoms with Crippen LogP contribution in [0.5, 0.6) is 5.75 Å². The van der Waals surface area contributed by atoms with Crippen molar-refractivity contribution in [3.63, 3.8) is 0 Å². The first-order valence-electron chi connectivity index (χ1n) is 8.36. The average Bonchev–Trinajstić information content (AvgIpc) is 2.41. The third-order valence-corrected chi connectivity index (χ3v) is 4.81. The van der Waals surface area contributed by atoms with Crippen LogP contribution in [0.25, 0.3) is 0 Å². The maximum absolute atomic E-state index is 6.53. The quantitative estimate of drug-likeness (QED) is 0.880. The first kappa shape index (κ1) is 16.4. The second-order valence-corrected chi connectivity index (χ2v) is 7.23. The molecule has 0 aliphatic heterocycles. The molecule has 4 atom stereocenters. The van der Waals surface area contributed by atoms with Gasteiger partial charge >= 0.3 is 0 Å². The smallest absolute Gasteiger partial charge is 0.123 e. The van der Waals surface area contributed by atoms with Crippen LogP contribution < -0.4 is 10.1 Å². The minimum absolute atomic E-state index is 0.269. The zero-order valence-corrected chi connectivity index (χ0v) is 14.4. The van der Waals surface area contributed by atoms with E-state index in [0.29, 0.717) is 17.9 Å². The molecule has 21 heavy (non-hydrogen) atoms. The van der Waals surface area contributed by atoms with Gasteiger partial charge in [-0.1, -0.05) is 39.8 Å². The molecule has 1 aliphatic carbocycles. The van der Waals surface area contributed by atoms with E-state index in [1.165, 1.54) is 24.0 Å². The molecule has 4 unspecified atom stereocenters. The van der Waals surface area contributed by atoms with Crippen LogP contribution >= 0.6 is 0 Å². The van der Waals surface area contributed by atoms with Gasteiger partial charge in [0.1, 0.15) is 11.9 Å². The van der Waals surface area contributed by atoms with Gasteiger partial charge in [0.15, 0.2) is 0 Å². The molecule has 2 heteroatoms. The van der Waals surface area contributed by atoms with Crippen LogP contribution in [0.4, 0.5) is 0 Å². The van der Waals surface area contributed by atoms with E-state index in [1.807, 2.05) is 0 Å². The van der Waals surface area contributed by atoms with E-state index >= 15 is 0 Å². The number of hydrogen-bond donors (Lipinski definition) is 1. The van der Waals surface area contributed by atoms with E-state index < -0.39 is 0 Å². The van der Waals surface area contributed by atoms with Crippen LogP contribution in [-0.4, -0.2) is 19.2 Å². The summed E-state index contributed by atoms with van der Waals surface area (Å²) in [6.07, 6.45) is 2.73. The Bertz CT molecular complexity index is 469. The molecule has 0 aromatic heterocycles. The summed E-state index contributed by atoms with van der Waals surface area (Å²) in [5.41, 5.74) is 2.59. The van der Waals surface area contributed by atoms with E-state index in [-0.39, 0.29) is 6.10 Å². The molecule has 1 aliphatic rings. The third kappa shape index (κ3) is 3.79. The van der Waals surface area contributed by atoms with Crippen molar-refractivity contribution < 1.29 is 4.74 Å². The Balaban J connectivity index is 2.25. The molecule has 2 nitrogen and oxygen atoms in total. The number of nitrogens with one attached hydrogen (secondary N) is 1. The summed E-state index contributed by atoms with van der Waals surface area (Å²) in [7, 11) is 2.06. The maximum atomic E-state index is 6.53. The minimum atomic E-state index is 0.269. The predicted octanol–water partition coefficient (Wildman–Crippen LogP) is 4.52. The first-order valence-corrected chi connectivity index (χ1v) is 8.36. The average molecular weight is 289 g/mol. The van der Waals surface area contributed by atoms with Crippen molar-refractivity contribution in [3.8, 4) is 5.75 Å². The summed E-state index contributed by atoms with van der Waals surface area (Å²) in [5.74, 6) is 2.94. The number of ether oxygens (including phenoxy) is 1. The number of hydrogen-bond acceptors (Lipinski definition) is 2. The molecule has 0 spiro atoms. The predicted molar refractivity (Wildman–Crippen MR) is 90.1 cm³/mol. The van der Waals surface area contributed by atoms with E-state index in [1.54, 1.807) is 0 Å². The minimum Gasteiger partial charge on any atom is -0.488 e. The van der Waals surface area contributed by atoms with Crippen molar-refractivity contribution in [3.05, 3.63) is 29.3 Å². The Hall–Kier alpha value is -1.02. The summed E-state index contributed by atoms with van der Waals surface area (Å²) in [6, 6.07) is 7.06. The van der Waals surface area contributed by atoms with Crippen LogP contribution in [0.2, 0.25) is 0 Å². The highest BCUT2D eigenvalue weighted by Gasteiger charge is 2.35. The molecular weight excluding hydrogens is 258 g/mol. The third-order valence-electron chi connectivity index (χ3n) is 4.81. The molecule has 1 aromatic rings. The molecule has 0 saturated heterocycles. The molecule has 1 aromatic carbocycles. The molecular formula is C19H31NO. The Morgan fingerprint density at radius 3 is 2.52 bits per heavy atom. The van der Waals surface area contributed by atoms with Gasteiger partial charge in [-0.2, -0.15) is 0 Å². The summed E-state index contributed by atoms with van der Waals surface area (Å²) < 4.78 is 6.53. The van der Waals surface area contributed by atoms with Crippen LogP contribution in [0, 0.1) is 18.8 Å². The second-order valence-electron chi connectivity index (χ2n) is 7.23. The molecule has 0 radical (unpaired) electrons. The molecule has 1 fully saturated rings. The van der Waals surface area contributed by atoms with E-state index in [2.05, 4.69) is 65.2 Å². The van der Waals surface area contributed by atoms with Crippen molar-refractivity contribution in [1.82, 2.24) is 5.32 Å². The summed E-state index contributed by atoms with van der Waals surface area (Å²) in [5, 5.41) is 3.47. The van der Waals surface area contributed by atoms with Gasteiger partial charge < -0.3 is 10.1 Å². The molecule has 118 valence electrons. The van der Waals surface area contributed by atoms with Crippen LogP contribution in [0.1, 0.15) is 57.6 Å². The zero-order chi connectivity index (χ0) is 15.6. The highest BCUT2D eigenvalue weighted by molar-refractivity contribution is 5.39. The number of rotatable bonds is 4. The lowest BCUT2D eigenvalue weighted by Crippen LogP contribution is -2.49. The van der Waals surface area contributed by atoms with E-state index in [0.717, 1.165) is 11.7 Å². The molecule has 1 saturated carbocycles. The SMILES string of the molecule is CNC1CC(C)CC(C)C1Oc1cc(C)ccc1C(C)C. The fourth-order valence-corrected chi connectivity index (χ4v) is 3.68. The van der Waals surface area contributed by atoms with Crippen molar-refractivity contribution in [2.24, 2.45) is 11.8 Å². The summed E-state index contributed by atoms with van der Waals surface area (Å²) in [4.78, 5) is 0. The second kappa shape index (κ2) is 6.83. The lowest BCUT2D eigenvalue weighted by molar-refractivity contribution is 0.0497. The van der Waals surface area contributed by atoms with Crippen molar-refractivity contribution >= 4 is 0 Å². The Morgan fingerprint density at radius 2 is 1.90 bits per heavy atom. The molecule has 1 N–H and O–H groups in total. The monoisotopic (exact) mass is 289 g/mol. The van der Waals surface area contributed by atoms with Gasteiger partial charge in [-0.25, -0.2) is 0 Å². The Morgan fingerprint density at radius 1 is 1.19 bits per heavy atom. The van der Waals surface area contributed by atoms with Crippen molar-refractivity contribution in [2.45, 2.75) is 65.5 Å². The van der Waals surface area contributed by atoms with Crippen molar-refractivity contribution in [1.29, 1.82) is 0 Å². The van der Waals surface area contributed by atoms with Crippen LogP contribution in [0.15, 0.2) is 18.2 Å². The summed E-state index contributed by atoms with van der Waals surface area (Å²) in [6.45, 7) is 11.3. The van der Waals surface area contributed by atoms with Gasteiger partial charge in [0, 0.05) is 6.04 Å². The Labute approximate surface area is 130 Å². The zero-order valence-electron chi connectivity index (χ0n) is 14.4. The molecule has 0 heterocycles. The molecule has 2 rings (SSSR count). The first-order chi connectivity index (χ1) is 9.92. The lowest BCUT2D eigenvalue weighted by atomic mass is 9.78. The Kier molecular flexibility index (Phi) is 5.32. The van der Waals surface area contributed by atoms with Gasteiger partial charge in [0.25, 0.3) is 0 Å². The fraction of sp³-hybridized carbons (Fsp3) is 0.684. The summed E-state index contributed by atoms with van der Waals surface area (Å²) >= 11 is 0. The van der Waals surface area contributed by atoms with Gasteiger partial charge in [-0.15, -0.1) is 0 Å². The van der Waals surface area contributed by atoms with Crippen LogP contribution in [0.3, 0.4) is 0 Å². The lowest BCUT2D eigenvalue weighted by Gasteiger charge is -2.40. The van der Waals surface area contributed by atoms with Gasteiger partial charge in [-0.3, -0.25) is 0 Å². The number of likely N-dealkylation sites (N-methyl/N-ethyl adjacent to an activating group) is 1. The van der Waals surface area contributed by atoms with E-state index in [9.17, 15) is 0 Å². The topological polar surface area (TPSA) is 21.3 Å². The highest BCUT2D eigenvalue weighted by atomic mass is 16.5. The highest BCUT2D eigenvalue weighted by Crippen LogP contribution is 2.35. The molecule has 0 bridgehead atoms. The van der Waals surface area contributed by atoms with Gasteiger partial charge in [-0.05, 0) is 61.8 Å². The van der Waals surface area contributed by atoms with Gasteiger partial charge in [0.2, 0.25) is 0 Å². The molecule has 0 amide bonds. The standard InChI is InChI=1S/C19H31NO/c1-12(2)16-8-7-13(3)11-18(16)21-19-15(5)9-14(4)10-17(19)20-6/h7-8,11-12,14-15,17,19-20H,9-10H2,1-6H3. The number of benzene rings is 1. The fourth-order valence-electron chi connectivity index (χ4n) is 3.68. The normalized spacial score (nSPS) is 29.7. The maximum Gasteiger partial charge on any atom is 0.123 e. The largest absolute Gasteiger partial charge is 0.488 e. The van der Waals surface area contributed by atoms with Gasteiger partial charge in [0.05, 0.1) is 0 Å². The number of aryl methyl sites for hydroxylation is 1. The van der Waals surface area contributed by atoms with E-state index in [4.69, 9.17) is 4.74 Å². The van der Waals surface area contributed by atoms with Crippen molar-refractivity contribution in [2.75, 3.05) is 7.05 Å².